The Labute approximate surface area is 111 Å². The van der Waals surface area contributed by atoms with Gasteiger partial charge in [0.05, 0.1) is 13.2 Å². The minimum absolute atomic E-state index is 0.0309. The molecule has 18 heavy (non-hydrogen) atoms. The first-order chi connectivity index (χ1) is 8.70. The Kier molecular flexibility index (Phi) is 12.1. The molecule has 0 spiro atoms. The Balaban J connectivity index is 3.20. The van der Waals surface area contributed by atoms with E-state index in [0.717, 1.165) is 12.8 Å². The second kappa shape index (κ2) is 12.7. The number of methoxy groups -OCH3 is 1. The molecule has 0 aromatic heterocycles. The van der Waals surface area contributed by atoms with E-state index in [1.54, 1.807) is 0 Å². The van der Waals surface area contributed by atoms with Crippen molar-refractivity contribution in [1.82, 2.24) is 0 Å². The second-order valence-electron chi connectivity index (χ2n) is 4.68. The Hall–Kier alpha value is -0.770. The van der Waals surface area contributed by atoms with E-state index in [2.05, 4.69) is 16.4 Å². The maximum atomic E-state index is 10.7. The smallest absolute Gasteiger partial charge is 0.438 e. The van der Waals surface area contributed by atoms with Crippen LogP contribution in [0.2, 0.25) is 0 Å². The van der Waals surface area contributed by atoms with E-state index in [4.69, 9.17) is 0 Å². The van der Waals surface area contributed by atoms with Crippen molar-refractivity contribution >= 4 is 6.16 Å². The number of hydrogen-bond acceptors (Lipinski definition) is 4. The molecule has 0 aromatic carbocycles. The highest BCUT2D eigenvalue weighted by atomic mass is 16.7. The first-order valence-corrected chi connectivity index (χ1v) is 7.09. The molecule has 0 saturated carbocycles. The van der Waals surface area contributed by atoms with Crippen molar-refractivity contribution in [3.63, 3.8) is 0 Å². The van der Waals surface area contributed by atoms with Crippen molar-refractivity contribution in [3.05, 3.63) is 0 Å². The summed E-state index contributed by atoms with van der Waals surface area (Å²) >= 11 is 0. The Bertz CT molecular complexity index is 194. The highest BCUT2D eigenvalue weighted by molar-refractivity contribution is 5.59. The summed E-state index contributed by atoms with van der Waals surface area (Å²) < 4.78 is 8.98. The van der Waals surface area contributed by atoms with Crippen molar-refractivity contribution in [2.45, 2.75) is 70.8 Å². The largest absolute Gasteiger partial charge is 0.508 e. The molecule has 0 heterocycles. The predicted octanol–water partition coefficient (Wildman–Crippen LogP) is 3.66. The van der Waals surface area contributed by atoms with Crippen LogP contribution in [0.15, 0.2) is 0 Å². The minimum atomic E-state index is -0.732. The van der Waals surface area contributed by atoms with Crippen LogP contribution in [0.4, 0.5) is 4.79 Å². The Morgan fingerprint density at radius 1 is 1.06 bits per heavy atom. The number of aliphatic hydroxyl groups excluding tert-OH is 1. The molecule has 0 bridgehead atoms. The second-order valence-corrected chi connectivity index (χ2v) is 4.68. The first-order valence-electron chi connectivity index (χ1n) is 7.09. The monoisotopic (exact) mass is 260 g/mol. The lowest BCUT2D eigenvalue weighted by molar-refractivity contribution is 0.0258. The van der Waals surface area contributed by atoms with Gasteiger partial charge >= 0.3 is 6.16 Å². The van der Waals surface area contributed by atoms with Crippen molar-refractivity contribution in [3.8, 4) is 0 Å². The summed E-state index contributed by atoms with van der Waals surface area (Å²) in [6.07, 6.45) is 9.31. The number of unbranched alkanes of at least 4 members (excludes halogenated alkanes) is 7. The standard InChI is InChI=1S/C14H28O4/c1-3-4-5-6-7-8-9-10-11-13(15)12-18-14(16)17-2/h13,15H,3-12H2,1-2H3. The quantitative estimate of drug-likeness (QED) is 0.455. The molecule has 108 valence electrons. The zero-order valence-electron chi connectivity index (χ0n) is 11.8. The minimum Gasteiger partial charge on any atom is -0.438 e. The van der Waals surface area contributed by atoms with E-state index < -0.39 is 12.3 Å². The summed E-state index contributed by atoms with van der Waals surface area (Å²) in [6, 6.07) is 0. The van der Waals surface area contributed by atoms with E-state index >= 15 is 0 Å². The lowest BCUT2D eigenvalue weighted by Crippen LogP contribution is -2.18. The van der Waals surface area contributed by atoms with Gasteiger partial charge in [-0.05, 0) is 6.42 Å². The van der Waals surface area contributed by atoms with Crippen molar-refractivity contribution in [2.75, 3.05) is 13.7 Å². The van der Waals surface area contributed by atoms with E-state index in [0.29, 0.717) is 6.42 Å². The van der Waals surface area contributed by atoms with Gasteiger partial charge in [-0.2, -0.15) is 0 Å². The Morgan fingerprint density at radius 3 is 2.17 bits per heavy atom. The van der Waals surface area contributed by atoms with Gasteiger partial charge in [0.1, 0.15) is 6.61 Å². The number of aliphatic hydroxyl groups is 1. The van der Waals surface area contributed by atoms with Crippen LogP contribution in [0.1, 0.15) is 64.7 Å². The highest BCUT2D eigenvalue weighted by Crippen LogP contribution is 2.10. The van der Waals surface area contributed by atoms with E-state index in [-0.39, 0.29) is 6.61 Å². The number of ether oxygens (including phenoxy) is 2. The number of carbonyl (C=O) groups excluding carboxylic acids is 1. The predicted molar refractivity (Wildman–Crippen MR) is 71.6 cm³/mol. The molecular weight excluding hydrogens is 232 g/mol. The van der Waals surface area contributed by atoms with E-state index in [9.17, 15) is 9.90 Å². The maximum absolute atomic E-state index is 10.7. The molecule has 0 fully saturated rings. The zero-order chi connectivity index (χ0) is 13.6. The maximum Gasteiger partial charge on any atom is 0.508 e. The molecule has 0 radical (unpaired) electrons. The normalized spacial score (nSPS) is 12.2. The van der Waals surface area contributed by atoms with Gasteiger partial charge in [-0.15, -0.1) is 0 Å². The molecule has 4 heteroatoms. The van der Waals surface area contributed by atoms with Crippen molar-refractivity contribution < 1.29 is 19.4 Å². The number of rotatable bonds is 11. The fraction of sp³-hybridized carbons (Fsp3) is 0.929. The lowest BCUT2D eigenvalue weighted by atomic mass is 10.1. The van der Waals surface area contributed by atoms with Gasteiger partial charge in [0.2, 0.25) is 0 Å². The van der Waals surface area contributed by atoms with Gasteiger partial charge < -0.3 is 14.6 Å². The topological polar surface area (TPSA) is 55.8 Å². The number of hydrogen-bond donors (Lipinski definition) is 1. The molecule has 0 aliphatic heterocycles. The molecular formula is C14H28O4. The molecule has 1 atom stereocenters. The number of carbonyl (C=O) groups is 1. The van der Waals surface area contributed by atoms with Crippen LogP contribution >= 0.6 is 0 Å². The van der Waals surface area contributed by atoms with Crippen LogP contribution in [-0.2, 0) is 9.47 Å². The molecule has 0 saturated heterocycles. The van der Waals surface area contributed by atoms with Crippen LogP contribution in [0.3, 0.4) is 0 Å². The van der Waals surface area contributed by atoms with Crippen LogP contribution < -0.4 is 0 Å². The van der Waals surface area contributed by atoms with E-state index in [1.807, 2.05) is 0 Å². The fourth-order valence-corrected chi connectivity index (χ4v) is 1.82. The third-order valence-electron chi connectivity index (χ3n) is 2.95. The van der Waals surface area contributed by atoms with Crippen LogP contribution in [-0.4, -0.2) is 31.1 Å². The first kappa shape index (κ1) is 17.2. The molecule has 0 rings (SSSR count). The van der Waals surface area contributed by atoms with Crippen LogP contribution in [0, 0.1) is 0 Å². The average Bonchev–Trinajstić information content (AvgIpc) is 2.39. The third-order valence-corrected chi connectivity index (χ3v) is 2.95. The molecule has 1 N–H and O–H groups in total. The fourth-order valence-electron chi connectivity index (χ4n) is 1.82. The van der Waals surface area contributed by atoms with Gasteiger partial charge in [-0.3, -0.25) is 0 Å². The highest BCUT2D eigenvalue weighted by Gasteiger charge is 2.08. The Morgan fingerprint density at radius 2 is 1.61 bits per heavy atom. The summed E-state index contributed by atoms with van der Waals surface area (Å²) in [5.41, 5.74) is 0. The summed E-state index contributed by atoms with van der Waals surface area (Å²) in [5, 5.41) is 9.53. The van der Waals surface area contributed by atoms with Crippen molar-refractivity contribution in [1.29, 1.82) is 0 Å². The van der Waals surface area contributed by atoms with E-state index in [1.165, 1.54) is 45.6 Å². The van der Waals surface area contributed by atoms with Gasteiger partial charge in [0.15, 0.2) is 0 Å². The molecule has 1 unspecified atom stereocenters. The molecule has 0 aromatic rings. The van der Waals surface area contributed by atoms with Gasteiger partial charge in [-0.25, -0.2) is 4.79 Å². The average molecular weight is 260 g/mol. The third kappa shape index (κ3) is 11.7. The molecule has 0 amide bonds. The van der Waals surface area contributed by atoms with Gasteiger partial charge in [0.25, 0.3) is 0 Å². The van der Waals surface area contributed by atoms with Gasteiger partial charge in [-0.1, -0.05) is 58.3 Å². The molecule has 0 aliphatic rings. The van der Waals surface area contributed by atoms with Crippen LogP contribution in [0.5, 0.6) is 0 Å². The summed E-state index contributed by atoms with van der Waals surface area (Å²) in [7, 11) is 1.26. The van der Waals surface area contributed by atoms with Gasteiger partial charge in [0, 0.05) is 0 Å². The summed E-state index contributed by atoms with van der Waals surface area (Å²) in [5.74, 6) is 0. The van der Waals surface area contributed by atoms with Crippen molar-refractivity contribution in [2.24, 2.45) is 0 Å². The molecule has 0 aliphatic carbocycles. The lowest BCUT2D eigenvalue weighted by Gasteiger charge is -2.10. The molecule has 4 nitrogen and oxygen atoms in total. The SMILES string of the molecule is CCCCCCCCCCC(O)COC(=O)OC. The summed E-state index contributed by atoms with van der Waals surface area (Å²) in [6.45, 7) is 2.25. The zero-order valence-corrected chi connectivity index (χ0v) is 11.8. The van der Waals surface area contributed by atoms with Crippen LogP contribution in [0.25, 0.3) is 0 Å². The summed E-state index contributed by atoms with van der Waals surface area (Å²) in [4.78, 5) is 10.7.